The first-order valence-corrected chi connectivity index (χ1v) is 13.7. The number of alkyl halides is 1. The summed E-state index contributed by atoms with van der Waals surface area (Å²) in [6.07, 6.45) is 21.5. The summed E-state index contributed by atoms with van der Waals surface area (Å²) in [7, 11) is 0. The molecule has 0 aliphatic heterocycles. The minimum Gasteiger partial charge on any atom is -0.462 e. The number of carbonyl (C=O) groups is 2. The van der Waals surface area contributed by atoms with Gasteiger partial charge in [-0.25, -0.2) is 0 Å². The second kappa shape index (κ2) is 24.9. The molecule has 192 valence electrons. The molecule has 4 nitrogen and oxygen atoms in total. The molecule has 0 heterocycles. The van der Waals surface area contributed by atoms with Gasteiger partial charge in [0.15, 0.2) is 5.56 Å². The molecule has 0 aromatic rings. The van der Waals surface area contributed by atoms with Crippen LogP contribution in [0.2, 0.25) is 0 Å². The van der Waals surface area contributed by atoms with Crippen LogP contribution in [0.5, 0.6) is 0 Å². The van der Waals surface area contributed by atoms with E-state index in [9.17, 15) is 9.59 Å². The Hall–Kier alpha value is -0.770. The third-order valence-corrected chi connectivity index (χ3v) is 5.49. The van der Waals surface area contributed by atoms with Crippen LogP contribution in [0.1, 0.15) is 150 Å². The Balaban J connectivity index is 0. The van der Waals surface area contributed by atoms with Crippen molar-refractivity contribution in [2.45, 2.75) is 161 Å². The van der Waals surface area contributed by atoms with E-state index in [0.717, 1.165) is 25.7 Å². The molecule has 0 aromatic heterocycles. The maximum Gasteiger partial charge on any atom is 0.307 e. The standard InChI is InChI=1S/C22H43ClO2.C5H10O2/c1-3-5-7-9-11-12-14-15-17-19-21(23)25-22(24)20-18-16-13-10-8-6-4-2;1-5(2,3)7-4-6/h21H,3-20H2,1-2H3;4H,1-3H3. The van der Waals surface area contributed by atoms with Crippen LogP contribution in [0.3, 0.4) is 0 Å². The minimum atomic E-state index is -0.429. The van der Waals surface area contributed by atoms with Gasteiger partial charge in [0, 0.05) is 6.42 Å². The van der Waals surface area contributed by atoms with Gasteiger partial charge in [-0.2, -0.15) is 0 Å². The fourth-order valence-corrected chi connectivity index (χ4v) is 3.50. The first-order chi connectivity index (χ1) is 15.3. The van der Waals surface area contributed by atoms with E-state index in [1.165, 1.54) is 83.5 Å². The number of unbranched alkanes of at least 4 members (excludes halogenated alkanes) is 14. The third kappa shape index (κ3) is 31.4. The monoisotopic (exact) mass is 476 g/mol. The molecule has 0 aromatic carbocycles. The predicted octanol–water partition coefficient (Wildman–Crippen LogP) is 9.11. The molecule has 0 N–H and O–H groups in total. The molecule has 5 heteroatoms. The van der Waals surface area contributed by atoms with Gasteiger partial charge < -0.3 is 9.47 Å². The minimum absolute atomic E-state index is 0.121. The van der Waals surface area contributed by atoms with Gasteiger partial charge in [-0.05, 0) is 40.0 Å². The number of rotatable bonds is 20. The van der Waals surface area contributed by atoms with E-state index >= 15 is 0 Å². The number of esters is 1. The Bertz CT molecular complexity index is 407. The van der Waals surface area contributed by atoms with Gasteiger partial charge in [0.1, 0.15) is 5.60 Å². The van der Waals surface area contributed by atoms with Crippen molar-refractivity contribution in [3.8, 4) is 0 Å². The fourth-order valence-electron chi connectivity index (χ4n) is 3.25. The number of ether oxygens (including phenoxy) is 2. The molecule has 0 saturated carbocycles. The lowest BCUT2D eigenvalue weighted by molar-refractivity contribution is -0.146. The van der Waals surface area contributed by atoms with Crippen molar-refractivity contribution in [1.82, 2.24) is 0 Å². The molecule has 0 bridgehead atoms. The molecular weight excluding hydrogens is 424 g/mol. The highest BCUT2D eigenvalue weighted by atomic mass is 35.5. The fraction of sp³-hybridized carbons (Fsp3) is 0.926. The van der Waals surface area contributed by atoms with Crippen LogP contribution in [0.15, 0.2) is 0 Å². The summed E-state index contributed by atoms with van der Waals surface area (Å²) in [6.45, 7) is 10.4. The maximum atomic E-state index is 11.7. The predicted molar refractivity (Wildman–Crippen MR) is 137 cm³/mol. The molecule has 0 saturated heterocycles. The number of hydrogen-bond acceptors (Lipinski definition) is 4. The van der Waals surface area contributed by atoms with E-state index in [-0.39, 0.29) is 11.6 Å². The van der Waals surface area contributed by atoms with Crippen LogP contribution in [0.25, 0.3) is 0 Å². The van der Waals surface area contributed by atoms with Gasteiger partial charge >= 0.3 is 5.97 Å². The van der Waals surface area contributed by atoms with Crippen molar-refractivity contribution < 1.29 is 19.1 Å². The molecule has 0 rings (SSSR count). The Kier molecular flexibility index (Phi) is 26.0. The van der Waals surface area contributed by atoms with Crippen molar-refractivity contribution in [2.24, 2.45) is 0 Å². The molecular formula is C27H53ClO4. The smallest absolute Gasteiger partial charge is 0.307 e. The Morgan fingerprint density at radius 3 is 1.53 bits per heavy atom. The Morgan fingerprint density at radius 2 is 1.16 bits per heavy atom. The summed E-state index contributed by atoms with van der Waals surface area (Å²) in [4.78, 5) is 21.3. The molecule has 1 unspecified atom stereocenters. The van der Waals surface area contributed by atoms with Crippen molar-refractivity contribution in [1.29, 1.82) is 0 Å². The van der Waals surface area contributed by atoms with Gasteiger partial charge in [0.2, 0.25) is 0 Å². The average Bonchev–Trinajstić information content (AvgIpc) is 2.71. The molecule has 0 aliphatic rings. The third-order valence-electron chi connectivity index (χ3n) is 5.18. The highest BCUT2D eigenvalue weighted by Crippen LogP contribution is 2.15. The van der Waals surface area contributed by atoms with Crippen molar-refractivity contribution in [2.75, 3.05) is 0 Å². The number of hydrogen-bond donors (Lipinski definition) is 0. The number of carbonyl (C=O) groups excluding carboxylic acids is 2. The van der Waals surface area contributed by atoms with E-state index in [1.807, 2.05) is 20.8 Å². The second-order valence-corrected chi connectivity index (χ2v) is 10.2. The van der Waals surface area contributed by atoms with E-state index < -0.39 is 5.56 Å². The van der Waals surface area contributed by atoms with E-state index in [4.69, 9.17) is 16.3 Å². The quantitative estimate of drug-likeness (QED) is 0.0760. The van der Waals surface area contributed by atoms with Crippen LogP contribution in [-0.2, 0) is 19.1 Å². The van der Waals surface area contributed by atoms with Gasteiger partial charge in [-0.3, -0.25) is 9.59 Å². The lowest BCUT2D eigenvalue weighted by atomic mass is 10.1. The summed E-state index contributed by atoms with van der Waals surface area (Å²) in [6, 6.07) is 0. The lowest BCUT2D eigenvalue weighted by Gasteiger charge is -2.14. The molecule has 32 heavy (non-hydrogen) atoms. The van der Waals surface area contributed by atoms with Crippen molar-refractivity contribution in [3.63, 3.8) is 0 Å². The first-order valence-electron chi connectivity index (χ1n) is 13.2. The second-order valence-electron chi connectivity index (χ2n) is 9.71. The largest absolute Gasteiger partial charge is 0.462 e. The summed E-state index contributed by atoms with van der Waals surface area (Å²) in [5, 5.41) is 0. The average molecular weight is 477 g/mol. The zero-order chi connectivity index (χ0) is 24.5. The zero-order valence-electron chi connectivity index (χ0n) is 21.9. The molecule has 0 radical (unpaired) electrons. The SMILES string of the molecule is CC(C)(C)OC=O.CCCCCCCCCCCC(Cl)OC(=O)CCCCCCCCC. The highest BCUT2D eigenvalue weighted by molar-refractivity contribution is 6.20. The topological polar surface area (TPSA) is 52.6 Å². The van der Waals surface area contributed by atoms with E-state index in [2.05, 4.69) is 18.6 Å². The summed E-state index contributed by atoms with van der Waals surface area (Å²) >= 11 is 6.13. The zero-order valence-corrected chi connectivity index (χ0v) is 22.6. The van der Waals surface area contributed by atoms with Gasteiger partial charge in [0.05, 0.1) is 0 Å². The van der Waals surface area contributed by atoms with Gasteiger partial charge in [0.25, 0.3) is 6.47 Å². The first kappa shape index (κ1) is 33.4. The van der Waals surface area contributed by atoms with E-state index in [0.29, 0.717) is 12.9 Å². The molecule has 1 atom stereocenters. The molecule has 0 aliphatic carbocycles. The Labute approximate surface area is 204 Å². The molecule has 0 amide bonds. The van der Waals surface area contributed by atoms with E-state index in [1.54, 1.807) is 0 Å². The molecule has 0 fully saturated rings. The Morgan fingerprint density at radius 1 is 0.750 bits per heavy atom. The normalized spacial score (nSPS) is 11.9. The summed E-state index contributed by atoms with van der Waals surface area (Å²) in [5.41, 5.74) is -0.747. The van der Waals surface area contributed by atoms with Gasteiger partial charge in [-0.1, -0.05) is 115 Å². The highest BCUT2D eigenvalue weighted by Gasteiger charge is 2.10. The van der Waals surface area contributed by atoms with Crippen molar-refractivity contribution in [3.05, 3.63) is 0 Å². The molecule has 0 spiro atoms. The van der Waals surface area contributed by atoms with Crippen molar-refractivity contribution >= 4 is 24.0 Å². The van der Waals surface area contributed by atoms with Crippen LogP contribution in [0.4, 0.5) is 0 Å². The van der Waals surface area contributed by atoms with Gasteiger partial charge in [-0.15, -0.1) is 0 Å². The van der Waals surface area contributed by atoms with Crippen LogP contribution in [0, 0.1) is 0 Å². The van der Waals surface area contributed by atoms with Crippen LogP contribution in [-0.4, -0.2) is 23.6 Å². The van der Waals surface area contributed by atoms with Crippen LogP contribution >= 0.6 is 11.6 Å². The number of halogens is 1. The maximum absolute atomic E-state index is 11.7. The summed E-state index contributed by atoms with van der Waals surface area (Å²) in [5.74, 6) is -0.121. The van der Waals surface area contributed by atoms with Crippen LogP contribution < -0.4 is 0 Å². The lowest BCUT2D eigenvalue weighted by Crippen LogP contribution is -2.17. The summed E-state index contributed by atoms with van der Waals surface area (Å²) < 4.78 is 9.84.